The average Bonchev–Trinajstić information content (AvgIpc) is 3.41. The van der Waals surface area contributed by atoms with E-state index < -0.39 is 5.60 Å². The zero-order chi connectivity index (χ0) is 22.8. The van der Waals surface area contributed by atoms with E-state index in [4.69, 9.17) is 4.74 Å². The Morgan fingerprint density at radius 3 is 2.67 bits per heavy atom. The van der Waals surface area contributed by atoms with Crippen LogP contribution >= 0.6 is 0 Å². The van der Waals surface area contributed by atoms with Crippen LogP contribution in [-0.2, 0) is 30.0 Å². The van der Waals surface area contributed by atoms with E-state index in [2.05, 4.69) is 15.3 Å². The van der Waals surface area contributed by atoms with Crippen LogP contribution in [-0.4, -0.2) is 53.8 Å². The number of aliphatic hydroxyl groups is 1. The van der Waals surface area contributed by atoms with Crippen molar-refractivity contribution in [3.8, 4) is 5.75 Å². The molecular formula is C24H26N6O3. The molecule has 170 valence electrons. The minimum absolute atomic E-state index is 0.0608. The van der Waals surface area contributed by atoms with Gasteiger partial charge in [-0.05, 0) is 49.2 Å². The van der Waals surface area contributed by atoms with Gasteiger partial charge in [-0.15, -0.1) is 0 Å². The number of carbonyl (C=O) groups is 1. The van der Waals surface area contributed by atoms with Crippen LogP contribution in [0, 0.1) is 0 Å². The van der Waals surface area contributed by atoms with Crippen LogP contribution in [0.3, 0.4) is 0 Å². The van der Waals surface area contributed by atoms with Gasteiger partial charge in [0.1, 0.15) is 29.9 Å². The Bertz CT molecular complexity index is 1230. The van der Waals surface area contributed by atoms with E-state index in [0.29, 0.717) is 32.7 Å². The molecule has 0 spiro atoms. The number of benzene rings is 2. The maximum absolute atomic E-state index is 13.0. The van der Waals surface area contributed by atoms with E-state index in [1.807, 2.05) is 54.7 Å². The molecule has 0 saturated carbocycles. The standard InChI is InChI=1S/C24H26N6O3/c1-24(32,9-12-29-11-4-10-25-29)19-7-8-22-18(15-19)16-28(13-14-33-22)23(31)17-30-26-20-5-2-3-6-21(20)27-30/h2-8,10-11,15,32H,9,12-14,16-17H2,1H3. The van der Waals surface area contributed by atoms with Crippen molar-refractivity contribution >= 4 is 16.9 Å². The molecule has 9 heteroatoms. The molecule has 1 atom stereocenters. The van der Waals surface area contributed by atoms with Gasteiger partial charge in [0.25, 0.3) is 0 Å². The minimum Gasteiger partial charge on any atom is -0.491 e. The van der Waals surface area contributed by atoms with E-state index >= 15 is 0 Å². The summed E-state index contributed by atoms with van der Waals surface area (Å²) in [5.41, 5.74) is 2.14. The summed E-state index contributed by atoms with van der Waals surface area (Å²) in [4.78, 5) is 16.2. The molecule has 1 N–H and O–H groups in total. The van der Waals surface area contributed by atoms with Gasteiger partial charge in [0.05, 0.1) is 12.1 Å². The molecule has 5 rings (SSSR count). The highest BCUT2D eigenvalue weighted by atomic mass is 16.5. The van der Waals surface area contributed by atoms with Crippen molar-refractivity contribution in [1.82, 2.24) is 29.7 Å². The first-order valence-electron chi connectivity index (χ1n) is 11.0. The minimum atomic E-state index is -1.04. The molecule has 9 nitrogen and oxygen atoms in total. The summed E-state index contributed by atoms with van der Waals surface area (Å²) < 4.78 is 7.69. The molecule has 1 aliphatic rings. The van der Waals surface area contributed by atoms with Gasteiger partial charge in [0, 0.05) is 31.0 Å². The first-order chi connectivity index (χ1) is 16.0. The number of amides is 1. The number of carbonyl (C=O) groups excluding carboxylic acids is 1. The first kappa shape index (κ1) is 21.1. The summed E-state index contributed by atoms with van der Waals surface area (Å²) in [6.45, 7) is 3.74. The normalized spacial score (nSPS) is 15.5. The molecule has 2 aromatic carbocycles. The lowest BCUT2D eigenvalue weighted by Crippen LogP contribution is -2.35. The highest BCUT2D eigenvalue weighted by Gasteiger charge is 2.27. The Morgan fingerprint density at radius 2 is 1.94 bits per heavy atom. The van der Waals surface area contributed by atoms with Crippen molar-refractivity contribution in [2.45, 2.75) is 38.6 Å². The van der Waals surface area contributed by atoms with Crippen molar-refractivity contribution in [3.63, 3.8) is 0 Å². The van der Waals surface area contributed by atoms with Gasteiger partial charge < -0.3 is 14.7 Å². The number of hydrogen-bond acceptors (Lipinski definition) is 6. The maximum Gasteiger partial charge on any atom is 0.246 e. The number of nitrogens with zero attached hydrogens (tertiary/aromatic N) is 6. The summed E-state index contributed by atoms with van der Waals surface area (Å²) in [7, 11) is 0. The predicted molar refractivity (Wildman–Crippen MR) is 121 cm³/mol. The molecule has 1 aliphatic heterocycles. The molecule has 4 aromatic rings. The van der Waals surface area contributed by atoms with Gasteiger partial charge in [0.2, 0.25) is 5.91 Å². The lowest BCUT2D eigenvalue weighted by molar-refractivity contribution is -0.133. The Labute approximate surface area is 191 Å². The second kappa shape index (κ2) is 8.67. The Morgan fingerprint density at radius 1 is 1.15 bits per heavy atom. The smallest absolute Gasteiger partial charge is 0.246 e. The van der Waals surface area contributed by atoms with Crippen molar-refractivity contribution in [1.29, 1.82) is 0 Å². The topological polar surface area (TPSA) is 98.3 Å². The third-order valence-corrected chi connectivity index (χ3v) is 6.01. The zero-order valence-electron chi connectivity index (χ0n) is 18.5. The van der Waals surface area contributed by atoms with Crippen LogP contribution in [0.5, 0.6) is 5.75 Å². The Hall–Kier alpha value is -3.72. The highest BCUT2D eigenvalue weighted by Crippen LogP contribution is 2.31. The predicted octanol–water partition coefficient (Wildman–Crippen LogP) is 2.35. The fourth-order valence-electron chi connectivity index (χ4n) is 4.05. The number of aromatic nitrogens is 5. The number of rotatable bonds is 6. The van der Waals surface area contributed by atoms with Gasteiger partial charge in [-0.1, -0.05) is 18.2 Å². The largest absolute Gasteiger partial charge is 0.491 e. The average molecular weight is 447 g/mol. The summed E-state index contributed by atoms with van der Waals surface area (Å²) >= 11 is 0. The second-order valence-electron chi connectivity index (χ2n) is 8.50. The monoisotopic (exact) mass is 446 g/mol. The fourth-order valence-corrected chi connectivity index (χ4v) is 4.05. The van der Waals surface area contributed by atoms with Crippen LogP contribution < -0.4 is 4.74 Å². The van der Waals surface area contributed by atoms with Crippen molar-refractivity contribution in [2.24, 2.45) is 0 Å². The van der Waals surface area contributed by atoms with E-state index in [1.54, 1.807) is 22.7 Å². The highest BCUT2D eigenvalue weighted by molar-refractivity contribution is 5.77. The third kappa shape index (κ3) is 4.58. The number of ether oxygens (including phenoxy) is 1. The van der Waals surface area contributed by atoms with Gasteiger partial charge >= 0.3 is 0 Å². The SMILES string of the molecule is CC(O)(CCn1cccn1)c1ccc2c(c1)CN(C(=O)Cn1nc3ccccc3n1)CCO2. The maximum atomic E-state index is 13.0. The summed E-state index contributed by atoms with van der Waals surface area (Å²) in [6, 6.07) is 15.1. The van der Waals surface area contributed by atoms with E-state index in [-0.39, 0.29) is 12.5 Å². The molecule has 33 heavy (non-hydrogen) atoms. The van der Waals surface area contributed by atoms with Crippen LogP contribution in [0.25, 0.3) is 11.0 Å². The third-order valence-electron chi connectivity index (χ3n) is 6.01. The summed E-state index contributed by atoms with van der Waals surface area (Å²) in [5.74, 6) is 0.655. The molecule has 0 fully saturated rings. The molecule has 0 aliphatic carbocycles. The molecule has 0 bridgehead atoms. The Balaban J connectivity index is 1.31. The number of aryl methyl sites for hydroxylation is 1. The van der Waals surface area contributed by atoms with Crippen LogP contribution in [0.2, 0.25) is 0 Å². The first-order valence-corrected chi connectivity index (χ1v) is 11.0. The molecule has 0 radical (unpaired) electrons. The molecule has 1 amide bonds. The lowest BCUT2D eigenvalue weighted by Gasteiger charge is -2.25. The quantitative estimate of drug-likeness (QED) is 0.488. The van der Waals surface area contributed by atoms with E-state index in [1.165, 1.54) is 4.80 Å². The molecule has 1 unspecified atom stereocenters. The Kier molecular flexibility index (Phi) is 5.55. The number of fused-ring (bicyclic) bond motifs is 2. The van der Waals surface area contributed by atoms with Gasteiger partial charge in [-0.25, -0.2) is 0 Å². The van der Waals surface area contributed by atoms with Crippen LogP contribution in [0.15, 0.2) is 60.9 Å². The summed E-state index contributed by atoms with van der Waals surface area (Å²) in [6.07, 6.45) is 4.11. The van der Waals surface area contributed by atoms with E-state index in [9.17, 15) is 9.90 Å². The lowest BCUT2D eigenvalue weighted by atomic mass is 9.91. The van der Waals surface area contributed by atoms with Crippen LogP contribution in [0.4, 0.5) is 0 Å². The van der Waals surface area contributed by atoms with Crippen molar-refractivity contribution < 1.29 is 14.6 Å². The van der Waals surface area contributed by atoms with Crippen molar-refractivity contribution in [3.05, 3.63) is 72.1 Å². The second-order valence-corrected chi connectivity index (χ2v) is 8.50. The molecular weight excluding hydrogens is 420 g/mol. The molecule has 2 aromatic heterocycles. The van der Waals surface area contributed by atoms with Crippen LogP contribution in [0.1, 0.15) is 24.5 Å². The van der Waals surface area contributed by atoms with Crippen molar-refractivity contribution in [2.75, 3.05) is 13.2 Å². The molecule has 3 heterocycles. The number of hydrogen-bond donors (Lipinski definition) is 1. The van der Waals surface area contributed by atoms with E-state index in [0.717, 1.165) is 27.9 Å². The zero-order valence-corrected chi connectivity index (χ0v) is 18.5. The fraction of sp³-hybridized carbons (Fsp3) is 0.333. The van der Waals surface area contributed by atoms with Gasteiger partial charge in [-0.2, -0.15) is 20.1 Å². The summed E-state index contributed by atoms with van der Waals surface area (Å²) in [5, 5.41) is 24.1. The van der Waals surface area contributed by atoms with Gasteiger partial charge in [-0.3, -0.25) is 9.48 Å². The molecule has 0 saturated heterocycles. The van der Waals surface area contributed by atoms with Gasteiger partial charge in [0.15, 0.2) is 0 Å².